The molecule has 0 aromatic heterocycles. The largest absolute Gasteiger partial charge is 0.484 e. The fourth-order valence-corrected chi connectivity index (χ4v) is 1.26. The van der Waals surface area contributed by atoms with Crippen LogP contribution in [0.5, 0.6) is 5.75 Å². The molecule has 0 heterocycles. The topological polar surface area (TPSA) is 87.7 Å². The van der Waals surface area contributed by atoms with Gasteiger partial charge < -0.3 is 20.5 Å². The van der Waals surface area contributed by atoms with Gasteiger partial charge in [-0.25, -0.2) is 0 Å². The van der Waals surface area contributed by atoms with Crippen LogP contribution in [0.25, 0.3) is 0 Å². The first-order chi connectivity index (χ1) is 9.22. The first kappa shape index (κ1) is 15.0. The number of benzene rings is 1. The number of hydrogen-bond acceptors (Lipinski definition) is 4. The lowest BCUT2D eigenvalue weighted by atomic mass is 10.3. The second-order valence-electron chi connectivity index (χ2n) is 3.81. The number of carbonyl (C=O) groups is 2. The zero-order valence-electron chi connectivity index (χ0n) is 10.6. The Morgan fingerprint density at radius 1 is 1.11 bits per heavy atom. The van der Waals surface area contributed by atoms with Gasteiger partial charge in [0.1, 0.15) is 5.75 Å². The van der Waals surface area contributed by atoms with Crippen molar-refractivity contribution in [3.8, 4) is 5.75 Å². The Kier molecular flexibility index (Phi) is 7.04. The maximum absolute atomic E-state index is 11.4. The van der Waals surface area contributed by atoms with Gasteiger partial charge in [0.25, 0.3) is 5.91 Å². The second-order valence-corrected chi connectivity index (χ2v) is 3.81. The molecule has 1 aromatic rings. The highest BCUT2D eigenvalue weighted by atomic mass is 16.5. The van der Waals surface area contributed by atoms with Gasteiger partial charge in [0.05, 0.1) is 6.54 Å². The van der Waals surface area contributed by atoms with Crippen LogP contribution in [0.2, 0.25) is 0 Å². The molecular formula is C13H18N2O4. The first-order valence-corrected chi connectivity index (χ1v) is 6.04. The summed E-state index contributed by atoms with van der Waals surface area (Å²) < 4.78 is 5.22. The van der Waals surface area contributed by atoms with E-state index in [1.807, 2.05) is 18.2 Å². The summed E-state index contributed by atoms with van der Waals surface area (Å²) in [5.74, 6) is -0.0484. The molecule has 0 fully saturated rings. The molecule has 0 aliphatic carbocycles. The van der Waals surface area contributed by atoms with Crippen LogP contribution in [0.1, 0.15) is 6.42 Å². The zero-order valence-corrected chi connectivity index (χ0v) is 10.6. The summed E-state index contributed by atoms with van der Waals surface area (Å²) in [7, 11) is 0. The molecular weight excluding hydrogens is 248 g/mol. The van der Waals surface area contributed by atoms with Crippen LogP contribution in [-0.4, -0.2) is 43.2 Å². The van der Waals surface area contributed by atoms with Gasteiger partial charge >= 0.3 is 0 Å². The molecule has 6 nitrogen and oxygen atoms in total. The molecule has 3 N–H and O–H groups in total. The lowest BCUT2D eigenvalue weighted by Crippen LogP contribution is -2.39. The Hall–Kier alpha value is -2.08. The quantitative estimate of drug-likeness (QED) is 0.563. The Bertz CT molecular complexity index is 395. The highest BCUT2D eigenvalue weighted by Gasteiger charge is 2.05. The SMILES string of the molecule is O=C(CNC(=O)COc1ccccc1)NCCCO. The molecule has 2 amide bonds. The van der Waals surface area contributed by atoms with E-state index in [-0.39, 0.29) is 31.6 Å². The molecule has 19 heavy (non-hydrogen) atoms. The van der Waals surface area contributed by atoms with E-state index in [1.165, 1.54) is 0 Å². The Balaban J connectivity index is 2.12. The summed E-state index contributed by atoms with van der Waals surface area (Å²) in [5.41, 5.74) is 0. The average Bonchev–Trinajstić information content (AvgIpc) is 2.44. The van der Waals surface area contributed by atoms with Gasteiger partial charge in [-0.3, -0.25) is 9.59 Å². The number of ether oxygens (including phenoxy) is 1. The number of rotatable bonds is 8. The summed E-state index contributed by atoms with van der Waals surface area (Å²) in [6.45, 7) is 0.194. The van der Waals surface area contributed by atoms with E-state index in [1.54, 1.807) is 12.1 Å². The third kappa shape index (κ3) is 7.05. The number of aliphatic hydroxyl groups is 1. The van der Waals surface area contributed by atoms with Crippen molar-refractivity contribution in [3.63, 3.8) is 0 Å². The van der Waals surface area contributed by atoms with E-state index in [4.69, 9.17) is 9.84 Å². The van der Waals surface area contributed by atoms with Crippen molar-refractivity contribution in [2.24, 2.45) is 0 Å². The first-order valence-electron chi connectivity index (χ1n) is 6.04. The number of carbonyl (C=O) groups excluding carboxylic acids is 2. The lowest BCUT2D eigenvalue weighted by Gasteiger charge is -2.07. The predicted octanol–water partition coefficient (Wildman–Crippen LogP) is -0.320. The molecule has 0 saturated heterocycles. The van der Waals surface area contributed by atoms with Crippen molar-refractivity contribution in [2.45, 2.75) is 6.42 Å². The molecule has 104 valence electrons. The minimum absolute atomic E-state index is 0.0254. The fourth-order valence-electron chi connectivity index (χ4n) is 1.26. The van der Waals surface area contributed by atoms with E-state index >= 15 is 0 Å². The summed E-state index contributed by atoms with van der Waals surface area (Å²) in [4.78, 5) is 22.6. The summed E-state index contributed by atoms with van der Waals surface area (Å²) in [6.07, 6.45) is 0.497. The maximum Gasteiger partial charge on any atom is 0.258 e. The van der Waals surface area contributed by atoms with E-state index in [0.717, 1.165) is 0 Å². The predicted molar refractivity (Wildman–Crippen MR) is 69.7 cm³/mol. The smallest absolute Gasteiger partial charge is 0.258 e. The summed E-state index contributed by atoms with van der Waals surface area (Å²) in [5, 5.41) is 13.5. The van der Waals surface area contributed by atoms with Gasteiger partial charge in [-0.1, -0.05) is 18.2 Å². The molecule has 0 saturated carbocycles. The summed E-state index contributed by atoms with van der Waals surface area (Å²) >= 11 is 0. The van der Waals surface area contributed by atoms with Crippen LogP contribution < -0.4 is 15.4 Å². The maximum atomic E-state index is 11.4. The van der Waals surface area contributed by atoms with Crippen molar-refractivity contribution >= 4 is 11.8 Å². The lowest BCUT2D eigenvalue weighted by molar-refractivity contribution is -0.127. The minimum Gasteiger partial charge on any atom is -0.484 e. The molecule has 0 radical (unpaired) electrons. The van der Waals surface area contributed by atoms with Crippen LogP contribution >= 0.6 is 0 Å². The molecule has 0 bridgehead atoms. The van der Waals surface area contributed by atoms with Crippen molar-refractivity contribution in [3.05, 3.63) is 30.3 Å². The molecule has 0 aliphatic rings. The monoisotopic (exact) mass is 266 g/mol. The number of hydrogen-bond donors (Lipinski definition) is 3. The van der Waals surface area contributed by atoms with Gasteiger partial charge in [0, 0.05) is 13.2 Å². The van der Waals surface area contributed by atoms with E-state index in [0.29, 0.717) is 18.7 Å². The van der Waals surface area contributed by atoms with Gasteiger partial charge in [-0.2, -0.15) is 0 Å². The highest BCUT2D eigenvalue weighted by Crippen LogP contribution is 2.07. The van der Waals surface area contributed by atoms with Crippen molar-refractivity contribution < 1.29 is 19.4 Å². The normalized spacial score (nSPS) is 9.74. The number of nitrogens with one attached hydrogen (secondary N) is 2. The van der Waals surface area contributed by atoms with Crippen LogP contribution in [0.15, 0.2) is 30.3 Å². The van der Waals surface area contributed by atoms with Crippen LogP contribution in [0, 0.1) is 0 Å². The molecule has 1 aromatic carbocycles. The van der Waals surface area contributed by atoms with Crippen molar-refractivity contribution in [2.75, 3.05) is 26.3 Å². The Morgan fingerprint density at radius 3 is 2.53 bits per heavy atom. The highest BCUT2D eigenvalue weighted by molar-refractivity contribution is 5.85. The van der Waals surface area contributed by atoms with E-state index in [2.05, 4.69) is 10.6 Å². The molecule has 1 rings (SSSR count). The van der Waals surface area contributed by atoms with Crippen molar-refractivity contribution in [1.82, 2.24) is 10.6 Å². The standard InChI is InChI=1S/C13H18N2O4/c16-8-4-7-14-12(17)9-15-13(18)10-19-11-5-2-1-3-6-11/h1-3,5-6,16H,4,7-10H2,(H,14,17)(H,15,18). The molecule has 0 spiro atoms. The summed E-state index contributed by atoms with van der Waals surface area (Å²) in [6, 6.07) is 8.96. The zero-order chi connectivity index (χ0) is 13.9. The molecule has 6 heteroatoms. The Labute approximate surface area is 111 Å². The van der Waals surface area contributed by atoms with Crippen molar-refractivity contribution in [1.29, 1.82) is 0 Å². The third-order valence-electron chi connectivity index (χ3n) is 2.22. The van der Waals surface area contributed by atoms with Gasteiger partial charge in [-0.15, -0.1) is 0 Å². The molecule has 0 unspecified atom stereocenters. The Morgan fingerprint density at radius 2 is 1.84 bits per heavy atom. The number of aliphatic hydroxyl groups excluding tert-OH is 1. The molecule has 0 atom stereocenters. The van der Waals surface area contributed by atoms with Gasteiger partial charge in [-0.05, 0) is 18.6 Å². The third-order valence-corrected chi connectivity index (χ3v) is 2.22. The van der Waals surface area contributed by atoms with Crippen LogP contribution in [0.4, 0.5) is 0 Å². The number of amides is 2. The van der Waals surface area contributed by atoms with Gasteiger partial charge in [0.15, 0.2) is 6.61 Å². The van der Waals surface area contributed by atoms with Crippen LogP contribution in [0.3, 0.4) is 0 Å². The van der Waals surface area contributed by atoms with Crippen LogP contribution in [-0.2, 0) is 9.59 Å². The van der Waals surface area contributed by atoms with Gasteiger partial charge in [0.2, 0.25) is 5.91 Å². The molecule has 0 aliphatic heterocycles. The fraction of sp³-hybridized carbons (Fsp3) is 0.385. The second kappa shape index (κ2) is 8.93. The average molecular weight is 266 g/mol. The minimum atomic E-state index is -0.360. The number of para-hydroxylation sites is 1. The van der Waals surface area contributed by atoms with E-state index < -0.39 is 0 Å². The van der Waals surface area contributed by atoms with E-state index in [9.17, 15) is 9.59 Å².